The molecular weight excluding hydrogens is 531 g/mol. The van der Waals surface area contributed by atoms with Gasteiger partial charge in [-0.15, -0.1) is 5.10 Å². The van der Waals surface area contributed by atoms with Crippen LogP contribution in [0.3, 0.4) is 0 Å². The first kappa shape index (κ1) is 25.6. The quantitative estimate of drug-likeness (QED) is 0.322. The molecule has 4 fully saturated rings. The van der Waals surface area contributed by atoms with Crippen LogP contribution >= 0.6 is 23.2 Å². The molecule has 7 rings (SSSR count). The minimum absolute atomic E-state index is 0.0536. The molecule has 38 heavy (non-hydrogen) atoms. The maximum absolute atomic E-state index is 11.5. The molecule has 2 bridgehead atoms. The van der Waals surface area contributed by atoms with Gasteiger partial charge in [0.25, 0.3) is 0 Å². The lowest BCUT2D eigenvalue weighted by molar-refractivity contribution is -0.150. The molecule has 0 amide bonds. The Bertz CT molecular complexity index is 1350. The van der Waals surface area contributed by atoms with Gasteiger partial charge in [-0.2, -0.15) is 0 Å². The predicted molar refractivity (Wildman–Crippen MR) is 140 cm³/mol. The molecule has 0 spiro atoms. The molecule has 4 aliphatic carbocycles. The molecule has 4 saturated carbocycles. The summed E-state index contributed by atoms with van der Waals surface area (Å²) in [5, 5.41) is 19.0. The number of pyridine rings is 1. The summed E-state index contributed by atoms with van der Waals surface area (Å²) in [4.78, 5) is 15.6. The molecule has 11 heteroatoms. The van der Waals surface area contributed by atoms with Crippen molar-refractivity contribution < 1.29 is 23.9 Å². The third-order valence-corrected chi connectivity index (χ3v) is 9.24. The number of ether oxygens (including phenoxy) is 2. The molecule has 0 atom stereocenters. The molecule has 0 unspecified atom stereocenters. The van der Waals surface area contributed by atoms with Gasteiger partial charge in [0.05, 0.1) is 28.9 Å². The van der Waals surface area contributed by atoms with Crippen LogP contribution in [0.5, 0.6) is 5.88 Å². The van der Waals surface area contributed by atoms with Crippen molar-refractivity contribution in [2.75, 3.05) is 6.61 Å². The topological polar surface area (TPSA) is 113 Å². The highest BCUT2D eigenvalue weighted by Gasteiger charge is 2.50. The molecule has 1 N–H and O–H groups in total. The van der Waals surface area contributed by atoms with E-state index < -0.39 is 5.97 Å². The zero-order valence-electron chi connectivity index (χ0n) is 21.4. The van der Waals surface area contributed by atoms with E-state index in [1.165, 1.54) is 4.68 Å². The third kappa shape index (κ3) is 4.48. The molecule has 0 aliphatic heterocycles. The van der Waals surface area contributed by atoms with E-state index in [0.29, 0.717) is 51.9 Å². The third-order valence-electron chi connectivity index (χ3n) is 8.67. The summed E-state index contributed by atoms with van der Waals surface area (Å²) in [6.07, 6.45) is 11.1. The zero-order chi connectivity index (χ0) is 26.7. The summed E-state index contributed by atoms with van der Waals surface area (Å²) in [6.45, 7) is 2.67. The fraction of sp³-hybridized carbons (Fsp3) is 0.556. The summed E-state index contributed by atoms with van der Waals surface area (Å²) in [5.41, 5.74) is 2.79. The van der Waals surface area contributed by atoms with Crippen LogP contribution in [0, 0.1) is 12.3 Å². The van der Waals surface area contributed by atoms with E-state index in [1.54, 1.807) is 26.4 Å². The summed E-state index contributed by atoms with van der Waals surface area (Å²) >= 11 is 12.9. The molecule has 0 saturated heterocycles. The van der Waals surface area contributed by atoms with E-state index in [9.17, 15) is 9.90 Å². The summed E-state index contributed by atoms with van der Waals surface area (Å²) in [7, 11) is 1.63. The van der Waals surface area contributed by atoms with Gasteiger partial charge >= 0.3 is 5.97 Å². The Morgan fingerprint density at radius 2 is 1.82 bits per heavy atom. The number of aromatic carboxylic acids is 1. The van der Waals surface area contributed by atoms with Crippen LogP contribution in [0.25, 0.3) is 11.3 Å². The number of carboxylic acids is 1. The van der Waals surface area contributed by atoms with Crippen molar-refractivity contribution in [1.29, 1.82) is 0 Å². The second-order valence-corrected chi connectivity index (χ2v) is 11.9. The molecule has 9 nitrogen and oxygen atoms in total. The van der Waals surface area contributed by atoms with Gasteiger partial charge in [0.1, 0.15) is 11.5 Å². The Morgan fingerprint density at radius 1 is 1.16 bits per heavy atom. The van der Waals surface area contributed by atoms with Gasteiger partial charge in [0.15, 0.2) is 5.69 Å². The lowest BCUT2D eigenvalue weighted by Gasteiger charge is -2.52. The van der Waals surface area contributed by atoms with Gasteiger partial charge in [-0.3, -0.25) is 9.67 Å². The molecule has 3 aromatic heterocycles. The maximum atomic E-state index is 11.5. The van der Waals surface area contributed by atoms with Crippen LogP contribution in [0.15, 0.2) is 16.9 Å². The largest absolute Gasteiger partial charge is 0.477 e. The molecule has 202 valence electrons. The van der Waals surface area contributed by atoms with Gasteiger partial charge in [-0.05, 0) is 58.3 Å². The van der Waals surface area contributed by atoms with Gasteiger partial charge in [0.2, 0.25) is 5.88 Å². The number of aryl methyl sites for hydroxylation is 1. The average molecular weight is 561 g/mol. The molecular formula is C27H30Cl2N4O5. The van der Waals surface area contributed by atoms with E-state index in [2.05, 4.69) is 15.2 Å². The van der Waals surface area contributed by atoms with Crippen molar-refractivity contribution in [2.24, 2.45) is 12.5 Å². The van der Waals surface area contributed by atoms with Gasteiger partial charge in [0, 0.05) is 47.5 Å². The Kier molecular flexibility index (Phi) is 6.44. The van der Waals surface area contributed by atoms with Crippen LogP contribution in [-0.4, -0.2) is 43.2 Å². The van der Waals surface area contributed by atoms with Gasteiger partial charge in [-0.25, -0.2) is 4.79 Å². The minimum atomic E-state index is -1.00. The maximum Gasteiger partial charge on any atom is 0.354 e. The zero-order valence-corrected chi connectivity index (χ0v) is 22.9. The van der Waals surface area contributed by atoms with Crippen molar-refractivity contribution in [3.05, 3.63) is 45.0 Å². The highest BCUT2D eigenvalue weighted by Crippen LogP contribution is 2.55. The van der Waals surface area contributed by atoms with E-state index in [0.717, 1.165) is 62.7 Å². The number of aromatic nitrogens is 4. The second-order valence-electron chi connectivity index (χ2n) is 11.1. The van der Waals surface area contributed by atoms with Crippen LogP contribution < -0.4 is 4.74 Å². The lowest BCUT2D eigenvalue weighted by Crippen LogP contribution is -2.49. The number of nitrogens with zero attached hydrogens (tertiary/aromatic N) is 4. The Balaban J connectivity index is 1.14. The van der Waals surface area contributed by atoms with Crippen LogP contribution in [0.2, 0.25) is 10.0 Å². The van der Waals surface area contributed by atoms with Crippen LogP contribution in [-0.2, 0) is 18.4 Å². The highest BCUT2D eigenvalue weighted by atomic mass is 35.5. The van der Waals surface area contributed by atoms with Crippen molar-refractivity contribution >= 4 is 29.2 Å². The van der Waals surface area contributed by atoms with Crippen molar-refractivity contribution in [2.45, 2.75) is 76.4 Å². The number of hydrogen-bond acceptors (Lipinski definition) is 7. The summed E-state index contributed by atoms with van der Waals surface area (Å²) in [6, 6.07) is 0. The number of halogens is 2. The molecule has 4 aliphatic rings. The van der Waals surface area contributed by atoms with E-state index in [-0.39, 0.29) is 16.7 Å². The van der Waals surface area contributed by atoms with Crippen molar-refractivity contribution in [3.8, 4) is 17.1 Å². The standard InChI is InChI=1S/C27H30Cl2N4O5/c1-15-22(25(34)35)33(2)31-24(15)36-14-26-5-8-27(9-6-26,10-7-26)37-13-17-21(32-38-23(17)16-3-4-16)20-18(28)11-30-12-19(20)29/h11-12,16H,3-10,13-14H2,1-2H3,(H,34,35). The fourth-order valence-electron chi connectivity index (χ4n) is 6.11. The minimum Gasteiger partial charge on any atom is -0.477 e. The number of rotatable bonds is 9. The number of carbonyl (C=O) groups is 1. The first-order valence-corrected chi connectivity index (χ1v) is 13.8. The van der Waals surface area contributed by atoms with Crippen LogP contribution in [0.1, 0.15) is 84.7 Å². The average Bonchev–Trinajstić information content (AvgIpc) is 3.59. The predicted octanol–water partition coefficient (Wildman–Crippen LogP) is 6.35. The molecule has 3 heterocycles. The first-order chi connectivity index (χ1) is 18.2. The Labute approximate surface area is 230 Å². The fourth-order valence-corrected chi connectivity index (χ4v) is 6.66. The Morgan fingerprint density at radius 3 is 2.39 bits per heavy atom. The molecule has 0 aromatic carbocycles. The first-order valence-electron chi connectivity index (χ1n) is 13.0. The SMILES string of the molecule is Cc1c(OCC23CCC(OCc4c(-c5c(Cl)cncc5Cl)noc4C4CC4)(CC2)CC3)nn(C)c1C(=O)O. The van der Waals surface area contributed by atoms with Gasteiger partial charge in [-0.1, -0.05) is 28.4 Å². The highest BCUT2D eigenvalue weighted by molar-refractivity contribution is 6.38. The van der Waals surface area contributed by atoms with E-state index in [4.69, 9.17) is 37.2 Å². The number of carboxylic acid groups (broad SMARTS) is 1. The van der Waals surface area contributed by atoms with Crippen molar-refractivity contribution in [1.82, 2.24) is 19.9 Å². The second kappa shape index (κ2) is 9.54. The molecule has 0 radical (unpaired) electrons. The Hall–Kier alpha value is -2.62. The van der Waals surface area contributed by atoms with E-state index >= 15 is 0 Å². The number of hydrogen-bond donors (Lipinski definition) is 1. The smallest absolute Gasteiger partial charge is 0.354 e. The normalized spacial score (nSPS) is 24.6. The number of fused-ring (bicyclic) bond motifs is 3. The van der Waals surface area contributed by atoms with E-state index in [1.807, 2.05) is 0 Å². The van der Waals surface area contributed by atoms with Crippen LogP contribution in [0.4, 0.5) is 0 Å². The summed E-state index contributed by atoms with van der Waals surface area (Å²) in [5.74, 6) is 0.642. The summed E-state index contributed by atoms with van der Waals surface area (Å²) < 4.78 is 20.0. The van der Waals surface area contributed by atoms with Crippen molar-refractivity contribution in [3.63, 3.8) is 0 Å². The molecule has 3 aromatic rings. The lowest BCUT2D eigenvalue weighted by atomic mass is 9.59. The monoisotopic (exact) mass is 560 g/mol. The van der Waals surface area contributed by atoms with Gasteiger partial charge < -0.3 is 19.1 Å².